The van der Waals surface area contributed by atoms with Crippen LogP contribution in [0.15, 0.2) is 30.6 Å². The maximum atomic E-state index is 12.6. The van der Waals surface area contributed by atoms with Crippen molar-refractivity contribution in [3.63, 3.8) is 0 Å². The first-order valence-electron chi connectivity index (χ1n) is 5.45. The number of nitrogens with zero attached hydrogens (tertiary/aromatic N) is 2. The molecule has 0 spiro atoms. The summed E-state index contributed by atoms with van der Waals surface area (Å²) in [6, 6.07) is 2.90. The van der Waals surface area contributed by atoms with E-state index in [1.165, 1.54) is 0 Å². The molecule has 1 heterocycles. The van der Waals surface area contributed by atoms with Gasteiger partial charge < -0.3 is 5.73 Å². The van der Waals surface area contributed by atoms with E-state index >= 15 is 0 Å². The summed E-state index contributed by atoms with van der Waals surface area (Å²) in [6.45, 7) is 0. The summed E-state index contributed by atoms with van der Waals surface area (Å²) in [6.07, 6.45) is -8.74. The van der Waals surface area contributed by atoms with E-state index in [4.69, 9.17) is 5.73 Å². The Labute approximate surface area is 114 Å². The van der Waals surface area contributed by atoms with Crippen molar-refractivity contribution in [1.82, 2.24) is 9.97 Å². The lowest BCUT2D eigenvalue weighted by Gasteiger charge is -2.12. The van der Waals surface area contributed by atoms with E-state index in [0.29, 0.717) is 18.5 Å². The van der Waals surface area contributed by atoms with E-state index in [-0.39, 0.29) is 16.9 Å². The van der Waals surface area contributed by atoms with Gasteiger partial charge in [0.1, 0.15) is 12.0 Å². The predicted molar refractivity (Wildman–Crippen MR) is 61.9 cm³/mol. The molecule has 112 valence electrons. The standard InChI is InChI=1S/C12H7F6N3/c13-11(14,15)6-1-2-8(19)7(3-6)9-4-10(12(16,17)18)21-5-20-9/h1-5H,19H2. The second-order valence-corrected chi connectivity index (χ2v) is 4.09. The lowest BCUT2D eigenvalue weighted by molar-refractivity contribution is -0.141. The van der Waals surface area contributed by atoms with E-state index in [0.717, 1.165) is 12.1 Å². The van der Waals surface area contributed by atoms with Gasteiger partial charge in [0.25, 0.3) is 0 Å². The van der Waals surface area contributed by atoms with Crippen molar-refractivity contribution in [2.75, 3.05) is 5.73 Å². The fourth-order valence-electron chi connectivity index (χ4n) is 1.61. The minimum Gasteiger partial charge on any atom is -0.398 e. The average molecular weight is 307 g/mol. The molecule has 0 aliphatic carbocycles. The highest BCUT2D eigenvalue weighted by molar-refractivity contribution is 5.74. The Morgan fingerprint density at radius 2 is 1.52 bits per heavy atom. The normalized spacial score (nSPS) is 12.5. The molecule has 0 radical (unpaired) electrons. The van der Waals surface area contributed by atoms with Crippen molar-refractivity contribution >= 4 is 5.69 Å². The maximum absolute atomic E-state index is 12.6. The topological polar surface area (TPSA) is 51.8 Å². The van der Waals surface area contributed by atoms with E-state index in [2.05, 4.69) is 9.97 Å². The number of alkyl halides is 6. The van der Waals surface area contributed by atoms with Crippen LogP contribution >= 0.6 is 0 Å². The molecule has 3 nitrogen and oxygen atoms in total. The van der Waals surface area contributed by atoms with Crippen LogP contribution in [0.2, 0.25) is 0 Å². The number of rotatable bonds is 1. The van der Waals surface area contributed by atoms with Crippen molar-refractivity contribution in [3.05, 3.63) is 41.9 Å². The fourth-order valence-corrected chi connectivity index (χ4v) is 1.61. The van der Waals surface area contributed by atoms with E-state index in [1.807, 2.05) is 0 Å². The van der Waals surface area contributed by atoms with E-state index < -0.39 is 23.6 Å². The van der Waals surface area contributed by atoms with Crippen LogP contribution in [0, 0.1) is 0 Å². The summed E-state index contributed by atoms with van der Waals surface area (Å²) in [4.78, 5) is 6.59. The highest BCUT2D eigenvalue weighted by atomic mass is 19.4. The molecule has 1 aromatic carbocycles. The molecule has 0 amide bonds. The summed E-state index contributed by atoms with van der Waals surface area (Å²) in [7, 11) is 0. The van der Waals surface area contributed by atoms with Crippen molar-refractivity contribution in [2.45, 2.75) is 12.4 Å². The number of nitrogen functional groups attached to an aromatic ring is 1. The van der Waals surface area contributed by atoms with Crippen LogP contribution in [-0.2, 0) is 12.4 Å². The van der Waals surface area contributed by atoms with Crippen LogP contribution in [0.25, 0.3) is 11.3 Å². The van der Waals surface area contributed by atoms with Crippen LogP contribution in [0.4, 0.5) is 32.0 Å². The lowest BCUT2D eigenvalue weighted by Crippen LogP contribution is -2.09. The Bertz CT molecular complexity index is 663. The third kappa shape index (κ3) is 3.23. The SMILES string of the molecule is Nc1ccc(C(F)(F)F)cc1-c1cc(C(F)(F)F)ncn1. The molecule has 21 heavy (non-hydrogen) atoms. The molecule has 1 aromatic heterocycles. The number of aromatic nitrogens is 2. The van der Waals surface area contributed by atoms with Crippen molar-refractivity contribution in [1.29, 1.82) is 0 Å². The smallest absolute Gasteiger partial charge is 0.398 e. The molecule has 2 aromatic rings. The summed E-state index contributed by atoms with van der Waals surface area (Å²) in [5.41, 5.74) is 2.54. The summed E-state index contributed by atoms with van der Waals surface area (Å²) in [5.74, 6) is 0. The Balaban J connectivity index is 2.57. The molecule has 0 aliphatic rings. The molecular formula is C12H7F6N3. The highest BCUT2D eigenvalue weighted by Gasteiger charge is 2.34. The first-order valence-corrected chi connectivity index (χ1v) is 5.45. The first kappa shape index (κ1) is 15.1. The van der Waals surface area contributed by atoms with Crippen molar-refractivity contribution < 1.29 is 26.3 Å². The monoisotopic (exact) mass is 307 g/mol. The molecule has 0 fully saturated rings. The second kappa shape index (κ2) is 4.90. The fraction of sp³-hybridized carbons (Fsp3) is 0.167. The van der Waals surface area contributed by atoms with Gasteiger partial charge in [0.15, 0.2) is 0 Å². The number of nitrogens with two attached hydrogens (primary N) is 1. The minimum absolute atomic E-state index is 0.116. The Morgan fingerprint density at radius 3 is 2.10 bits per heavy atom. The Morgan fingerprint density at radius 1 is 0.857 bits per heavy atom. The zero-order valence-corrected chi connectivity index (χ0v) is 10.1. The third-order valence-corrected chi connectivity index (χ3v) is 2.61. The number of hydrogen-bond donors (Lipinski definition) is 1. The molecule has 0 saturated carbocycles. The van der Waals surface area contributed by atoms with E-state index in [9.17, 15) is 26.3 Å². The van der Waals surface area contributed by atoms with Gasteiger partial charge >= 0.3 is 12.4 Å². The molecular weight excluding hydrogens is 300 g/mol. The lowest BCUT2D eigenvalue weighted by atomic mass is 10.0. The second-order valence-electron chi connectivity index (χ2n) is 4.09. The van der Waals surface area contributed by atoms with Crippen molar-refractivity contribution in [3.8, 4) is 11.3 Å². The Hall–Kier alpha value is -2.32. The summed E-state index contributed by atoms with van der Waals surface area (Å²) >= 11 is 0. The van der Waals surface area contributed by atoms with E-state index in [1.54, 1.807) is 0 Å². The number of halogens is 6. The highest BCUT2D eigenvalue weighted by Crippen LogP contribution is 2.35. The zero-order valence-electron chi connectivity index (χ0n) is 10.1. The van der Waals surface area contributed by atoms with Crippen LogP contribution < -0.4 is 5.73 Å². The molecule has 0 saturated heterocycles. The molecule has 0 aliphatic heterocycles. The number of benzene rings is 1. The zero-order chi connectivity index (χ0) is 15.8. The maximum Gasteiger partial charge on any atom is 0.433 e. The first-order chi connectivity index (χ1) is 9.59. The molecule has 0 unspecified atom stereocenters. The van der Waals surface area contributed by atoms with Crippen LogP contribution in [0.5, 0.6) is 0 Å². The van der Waals surface area contributed by atoms with Gasteiger partial charge in [-0.2, -0.15) is 26.3 Å². The molecule has 0 bridgehead atoms. The molecule has 9 heteroatoms. The predicted octanol–water partition coefficient (Wildman–Crippen LogP) is 3.76. The van der Waals surface area contributed by atoms with Crippen molar-refractivity contribution in [2.24, 2.45) is 0 Å². The number of anilines is 1. The van der Waals surface area contributed by atoms with Crippen LogP contribution in [0.3, 0.4) is 0 Å². The quantitative estimate of drug-likeness (QED) is 0.644. The van der Waals surface area contributed by atoms with Gasteiger partial charge in [0, 0.05) is 11.3 Å². The third-order valence-electron chi connectivity index (χ3n) is 2.61. The average Bonchev–Trinajstić information content (AvgIpc) is 2.37. The largest absolute Gasteiger partial charge is 0.433 e. The molecule has 0 atom stereocenters. The number of hydrogen-bond acceptors (Lipinski definition) is 3. The van der Waals surface area contributed by atoms with Crippen LogP contribution in [-0.4, -0.2) is 9.97 Å². The summed E-state index contributed by atoms with van der Waals surface area (Å²) in [5, 5.41) is 0. The molecule has 2 N–H and O–H groups in total. The molecule has 2 rings (SSSR count). The van der Waals surface area contributed by atoms with Gasteiger partial charge in [0.05, 0.1) is 11.3 Å². The minimum atomic E-state index is -4.73. The van der Waals surface area contributed by atoms with Gasteiger partial charge in [-0.1, -0.05) is 0 Å². The van der Waals surface area contributed by atoms with Gasteiger partial charge in [-0.15, -0.1) is 0 Å². The van der Waals surface area contributed by atoms with Gasteiger partial charge in [-0.25, -0.2) is 9.97 Å². The van der Waals surface area contributed by atoms with Gasteiger partial charge in [-0.3, -0.25) is 0 Å². The Kier molecular flexibility index (Phi) is 3.52. The summed E-state index contributed by atoms with van der Waals surface area (Å²) < 4.78 is 75.5. The van der Waals surface area contributed by atoms with Gasteiger partial charge in [0.2, 0.25) is 0 Å². The van der Waals surface area contributed by atoms with Gasteiger partial charge in [-0.05, 0) is 24.3 Å². The van der Waals surface area contributed by atoms with Crippen LogP contribution in [0.1, 0.15) is 11.3 Å².